The molecule has 1 aliphatic heterocycles. The summed E-state index contributed by atoms with van der Waals surface area (Å²) in [6, 6.07) is 4.00. The highest BCUT2D eigenvalue weighted by Crippen LogP contribution is 2.16. The third-order valence-corrected chi connectivity index (χ3v) is 2.63. The molecule has 1 aromatic rings. The number of hydrogen-bond acceptors (Lipinski definition) is 4. The quantitative estimate of drug-likeness (QED) is 0.815. The van der Waals surface area contributed by atoms with E-state index in [0.29, 0.717) is 19.1 Å². The van der Waals surface area contributed by atoms with E-state index in [4.69, 9.17) is 9.47 Å². The van der Waals surface area contributed by atoms with Crippen LogP contribution in [0.2, 0.25) is 0 Å². The van der Waals surface area contributed by atoms with Gasteiger partial charge in [-0.05, 0) is 19.0 Å². The number of pyridine rings is 1. The summed E-state index contributed by atoms with van der Waals surface area (Å²) in [7, 11) is 0. The van der Waals surface area contributed by atoms with E-state index in [1.807, 2.05) is 13.0 Å². The van der Waals surface area contributed by atoms with Gasteiger partial charge in [-0.1, -0.05) is 13.0 Å². The molecule has 4 heteroatoms. The standard InChI is InChI=1S/C12H18N2O2/c1-3-13-6-10-4-5-12(14-9(10)2)16-11-7-15-8-11/h4-5,11,13H,3,6-8H2,1-2H3. The molecule has 16 heavy (non-hydrogen) atoms. The van der Waals surface area contributed by atoms with Crippen molar-refractivity contribution in [3.05, 3.63) is 23.4 Å². The van der Waals surface area contributed by atoms with Crippen LogP contribution in [0.1, 0.15) is 18.2 Å². The summed E-state index contributed by atoms with van der Waals surface area (Å²) in [6.45, 7) is 7.30. The minimum Gasteiger partial charge on any atom is -0.469 e. The number of ether oxygens (including phenoxy) is 2. The zero-order valence-electron chi connectivity index (χ0n) is 9.82. The van der Waals surface area contributed by atoms with Crippen LogP contribution in [-0.4, -0.2) is 30.8 Å². The van der Waals surface area contributed by atoms with Gasteiger partial charge in [0.1, 0.15) is 6.10 Å². The third-order valence-electron chi connectivity index (χ3n) is 2.63. The molecule has 1 fully saturated rings. The number of aryl methyl sites for hydroxylation is 1. The molecule has 2 rings (SSSR count). The second-order valence-electron chi connectivity index (χ2n) is 3.95. The van der Waals surface area contributed by atoms with E-state index >= 15 is 0 Å². The first-order chi connectivity index (χ1) is 7.79. The minimum absolute atomic E-state index is 0.187. The summed E-state index contributed by atoms with van der Waals surface area (Å²) in [5, 5.41) is 3.29. The van der Waals surface area contributed by atoms with Crippen LogP contribution in [0.4, 0.5) is 0 Å². The summed E-state index contributed by atoms with van der Waals surface area (Å²) < 4.78 is 10.7. The fraction of sp³-hybridized carbons (Fsp3) is 0.583. The number of nitrogens with zero attached hydrogens (tertiary/aromatic N) is 1. The summed E-state index contributed by atoms with van der Waals surface area (Å²) in [6.07, 6.45) is 0.187. The first-order valence-corrected chi connectivity index (χ1v) is 5.71. The van der Waals surface area contributed by atoms with Crippen LogP contribution >= 0.6 is 0 Å². The maximum atomic E-state index is 5.63. The zero-order chi connectivity index (χ0) is 11.4. The van der Waals surface area contributed by atoms with Crippen LogP contribution in [-0.2, 0) is 11.3 Å². The van der Waals surface area contributed by atoms with Crippen molar-refractivity contribution in [1.82, 2.24) is 10.3 Å². The van der Waals surface area contributed by atoms with E-state index < -0.39 is 0 Å². The molecule has 0 radical (unpaired) electrons. The maximum absolute atomic E-state index is 5.63. The van der Waals surface area contributed by atoms with Crippen molar-refractivity contribution in [2.45, 2.75) is 26.5 Å². The van der Waals surface area contributed by atoms with Gasteiger partial charge in [-0.25, -0.2) is 4.98 Å². The zero-order valence-corrected chi connectivity index (χ0v) is 9.82. The second kappa shape index (κ2) is 5.27. The number of nitrogens with one attached hydrogen (secondary N) is 1. The predicted octanol–water partition coefficient (Wildman–Crippen LogP) is 1.28. The molecule has 1 saturated heterocycles. The van der Waals surface area contributed by atoms with Gasteiger partial charge in [-0.15, -0.1) is 0 Å². The molecular weight excluding hydrogens is 204 g/mol. The monoisotopic (exact) mass is 222 g/mol. The lowest BCUT2D eigenvalue weighted by Gasteiger charge is -2.26. The first-order valence-electron chi connectivity index (χ1n) is 5.71. The van der Waals surface area contributed by atoms with Gasteiger partial charge in [0.2, 0.25) is 5.88 Å². The highest BCUT2D eigenvalue weighted by atomic mass is 16.6. The van der Waals surface area contributed by atoms with E-state index in [-0.39, 0.29) is 6.10 Å². The summed E-state index contributed by atoms with van der Waals surface area (Å²) in [4.78, 5) is 4.43. The molecule has 0 aliphatic carbocycles. The summed E-state index contributed by atoms with van der Waals surface area (Å²) in [5.74, 6) is 0.700. The second-order valence-corrected chi connectivity index (χ2v) is 3.95. The Balaban J connectivity index is 1.97. The number of hydrogen-bond donors (Lipinski definition) is 1. The Morgan fingerprint density at radius 3 is 2.88 bits per heavy atom. The van der Waals surface area contributed by atoms with Crippen LogP contribution in [0.3, 0.4) is 0 Å². The van der Waals surface area contributed by atoms with Crippen molar-refractivity contribution >= 4 is 0 Å². The van der Waals surface area contributed by atoms with Gasteiger partial charge in [0.25, 0.3) is 0 Å². The van der Waals surface area contributed by atoms with Crippen LogP contribution in [0, 0.1) is 6.92 Å². The van der Waals surface area contributed by atoms with Crippen LogP contribution in [0.5, 0.6) is 5.88 Å². The number of rotatable bonds is 5. The Labute approximate surface area is 96.0 Å². The van der Waals surface area contributed by atoms with Gasteiger partial charge in [0, 0.05) is 18.3 Å². The van der Waals surface area contributed by atoms with E-state index in [1.165, 1.54) is 5.56 Å². The van der Waals surface area contributed by atoms with E-state index in [2.05, 4.69) is 23.3 Å². The predicted molar refractivity (Wildman–Crippen MR) is 61.6 cm³/mol. The van der Waals surface area contributed by atoms with E-state index in [1.54, 1.807) is 0 Å². The van der Waals surface area contributed by atoms with E-state index in [0.717, 1.165) is 18.8 Å². The number of aromatic nitrogens is 1. The molecule has 1 aromatic heterocycles. The van der Waals surface area contributed by atoms with Gasteiger partial charge in [-0.2, -0.15) is 0 Å². The highest BCUT2D eigenvalue weighted by Gasteiger charge is 2.20. The molecule has 1 N–H and O–H groups in total. The highest BCUT2D eigenvalue weighted by molar-refractivity contribution is 5.25. The fourth-order valence-electron chi connectivity index (χ4n) is 1.53. The molecular formula is C12H18N2O2. The van der Waals surface area contributed by atoms with Crippen LogP contribution < -0.4 is 10.1 Å². The summed E-state index contributed by atoms with van der Waals surface area (Å²) in [5.41, 5.74) is 2.25. The van der Waals surface area contributed by atoms with Crippen molar-refractivity contribution in [1.29, 1.82) is 0 Å². The van der Waals surface area contributed by atoms with Gasteiger partial charge in [-0.3, -0.25) is 0 Å². The van der Waals surface area contributed by atoms with Crippen molar-refractivity contribution in [2.75, 3.05) is 19.8 Å². The Morgan fingerprint density at radius 1 is 1.50 bits per heavy atom. The molecule has 0 saturated carbocycles. The molecule has 2 heterocycles. The first kappa shape index (κ1) is 11.4. The van der Waals surface area contributed by atoms with Crippen molar-refractivity contribution < 1.29 is 9.47 Å². The summed E-state index contributed by atoms with van der Waals surface area (Å²) >= 11 is 0. The van der Waals surface area contributed by atoms with Crippen LogP contribution in [0.15, 0.2) is 12.1 Å². The molecule has 0 atom stereocenters. The molecule has 0 unspecified atom stereocenters. The Hall–Kier alpha value is -1.13. The van der Waals surface area contributed by atoms with Crippen molar-refractivity contribution in [2.24, 2.45) is 0 Å². The van der Waals surface area contributed by atoms with Crippen molar-refractivity contribution in [3.8, 4) is 5.88 Å². The molecule has 0 bridgehead atoms. The Bertz CT molecular complexity index is 351. The molecule has 88 valence electrons. The topological polar surface area (TPSA) is 43.4 Å². The lowest BCUT2D eigenvalue weighted by atomic mass is 10.2. The third kappa shape index (κ3) is 2.71. The maximum Gasteiger partial charge on any atom is 0.213 e. The minimum atomic E-state index is 0.187. The molecule has 4 nitrogen and oxygen atoms in total. The molecule has 0 amide bonds. The largest absolute Gasteiger partial charge is 0.469 e. The van der Waals surface area contributed by atoms with Gasteiger partial charge in [0.05, 0.1) is 13.2 Å². The Morgan fingerprint density at radius 2 is 2.31 bits per heavy atom. The lowest BCUT2D eigenvalue weighted by Crippen LogP contribution is -2.38. The van der Waals surface area contributed by atoms with Gasteiger partial charge < -0.3 is 14.8 Å². The molecule has 1 aliphatic rings. The fourth-order valence-corrected chi connectivity index (χ4v) is 1.53. The normalized spacial score (nSPS) is 15.9. The molecule has 0 aromatic carbocycles. The van der Waals surface area contributed by atoms with Crippen LogP contribution in [0.25, 0.3) is 0 Å². The average Bonchev–Trinajstić information content (AvgIpc) is 2.22. The average molecular weight is 222 g/mol. The van der Waals surface area contributed by atoms with Crippen molar-refractivity contribution in [3.63, 3.8) is 0 Å². The lowest BCUT2D eigenvalue weighted by molar-refractivity contribution is -0.0813. The Kier molecular flexibility index (Phi) is 3.74. The molecule has 0 spiro atoms. The van der Waals surface area contributed by atoms with Gasteiger partial charge >= 0.3 is 0 Å². The SMILES string of the molecule is CCNCc1ccc(OC2COC2)nc1C. The van der Waals surface area contributed by atoms with Gasteiger partial charge in [0.15, 0.2) is 0 Å². The smallest absolute Gasteiger partial charge is 0.213 e. The van der Waals surface area contributed by atoms with E-state index in [9.17, 15) is 0 Å².